The lowest BCUT2D eigenvalue weighted by molar-refractivity contribution is -0.384. The second-order valence-electron chi connectivity index (χ2n) is 6.37. The Hall–Kier alpha value is -3.42. The molecule has 0 saturated carbocycles. The van der Waals surface area contributed by atoms with Gasteiger partial charge in [0.1, 0.15) is 11.5 Å². The van der Waals surface area contributed by atoms with Gasteiger partial charge in [-0.1, -0.05) is 12.1 Å². The van der Waals surface area contributed by atoms with E-state index in [0.29, 0.717) is 11.4 Å². The van der Waals surface area contributed by atoms with Crippen LogP contribution in [0.25, 0.3) is 0 Å². The van der Waals surface area contributed by atoms with Crippen LogP contribution in [-0.2, 0) is 0 Å². The molecule has 2 aromatic rings. The molecule has 0 aliphatic carbocycles. The number of anilines is 2. The summed E-state index contributed by atoms with van der Waals surface area (Å²) in [5.41, 5.74) is 1.96. The van der Waals surface area contributed by atoms with E-state index in [-0.39, 0.29) is 11.3 Å². The van der Waals surface area contributed by atoms with Gasteiger partial charge in [0.15, 0.2) is 0 Å². The first-order valence-corrected chi connectivity index (χ1v) is 8.62. The van der Waals surface area contributed by atoms with Crippen LogP contribution in [-0.4, -0.2) is 43.9 Å². The average Bonchev–Trinajstić information content (AvgIpc) is 2.68. The van der Waals surface area contributed by atoms with E-state index in [4.69, 9.17) is 0 Å². The molecule has 0 saturated heterocycles. The third kappa shape index (κ3) is 4.05. The Balaban J connectivity index is 1.89. The first-order valence-electron chi connectivity index (χ1n) is 8.62. The maximum Gasteiger partial charge on any atom is 0.293 e. The molecule has 0 spiro atoms. The van der Waals surface area contributed by atoms with Crippen LogP contribution in [0.3, 0.4) is 0 Å². The summed E-state index contributed by atoms with van der Waals surface area (Å²) in [5.74, 6) is 0.332. The van der Waals surface area contributed by atoms with Crippen LogP contribution in [0.2, 0.25) is 0 Å². The number of nitro benzene ring substituents is 1. The Morgan fingerprint density at radius 1 is 1.26 bits per heavy atom. The van der Waals surface area contributed by atoms with Gasteiger partial charge in [0, 0.05) is 44.4 Å². The molecule has 1 aliphatic heterocycles. The predicted molar refractivity (Wildman–Crippen MR) is 106 cm³/mol. The van der Waals surface area contributed by atoms with Crippen molar-refractivity contribution in [3.05, 3.63) is 63.7 Å². The molecule has 1 aliphatic rings. The van der Waals surface area contributed by atoms with Crippen molar-refractivity contribution in [2.75, 3.05) is 37.4 Å². The van der Waals surface area contributed by atoms with Gasteiger partial charge < -0.3 is 15.5 Å². The first-order chi connectivity index (χ1) is 13.0. The van der Waals surface area contributed by atoms with E-state index in [1.165, 1.54) is 6.07 Å². The van der Waals surface area contributed by atoms with Gasteiger partial charge in [-0.05, 0) is 30.7 Å². The van der Waals surface area contributed by atoms with E-state index in [2.05, 4.69) is 15.6 Å². The molecule has 140 valence electrons. The van der Waals surface area contributed by atoms with Crippen molar-refractivity contribution in [3.63, 3.8) is 0 Å². The standard InChI is InChI=1S/C19H21N5O3/c1-23(2)16-9-8-13(12-17(16)24(26)27)19(25)22-15-7-4-3-6-14(15)18-20-10-5-11-21-18/h3-4,6-9,12H,5,10-11H2,1-2H3,(H,20,21)(H,22,25). The van der Waals surface area contributed by atoms with Gasteiger partial charge in [-0.3, -0.25) is 19.9 Å². The fourth-order valence-electron chi connectivity index (χ4n) is 2.90. The summed E-state index contributed by atoms with van der Waals surface area (Å²) in [6, 6.07) is 11.8. The van der Waals surface area contributed by atoms with E-state index in [9.17, 15) is 14.9 Å². The van der Waals surface area contributed by atoms with Gasteiger partial charge in [0.25, 0.3) is 11.6 Å². The number of amidine groups is 1. The Morgan fingerprint density at radius 3 is 2.70 bits per heavy atom. The molecule has 0 atom stereocenters. The zero-order chi connectivity index (χ0) is 19.4. The molecule has 1 heterocycles. The fraction of sp³-hybridized carbons (Fsp3) is 0.263. The minimum absolute atomic E-state index is 0.112. The average molecular weight is 367 g/mol. The van der Waals surface area contributed by atoms with Crippen LogP contribution in [0.15, 0.2) is 47.5 Å². The SMILES string of the molecule is CN(C)c1ccc(C(=O)Nc2ccccc2C2=NCCCN2)cc1[N+](=O)[O-]. The maximum absolute atomic E-state index is 12.7. The van der Waals surface area contributed by atoms with E-state index in [1.807, 2.05) is 18.2 Å². The second kappa shape index (κ2) is 7.86. The summed E-state index contributed by atoms with van der Waals surface area (Å²) >= 11 is 0. The van der Waals surface area contributed by atoms with Crippen molar-refractivity contribution in [3.8, 4) is 0 Å². The van der Waals surface area contributed by atoms with Gasteiger partial charge >= 0.3 is 0 Å². The monoisotopic (exact) mass is 367 g/mol. The molecule has 0 aromatic heterocycles. The molecule has 27 heavy (non-hydrogen) atoms. The van der Waals surface area contributed by atoms with E-state index in [0.717, 1.165) is 30.9 Å². The third-order valence-corrected chi connectivity index (χ3v) is 4.24. The predicted octanol–water partition coefficient (Wildman–Crippen LogP) is 2.65. The number of amides is 1. The number of nitrogens with zero attached hydrogens (tertiary/aromatic N) is 3. The molecule has 3 rings (SSSR count). The Labute approximate surface area is 157 Å². The molecule has 2 aromatic carbocycles. The summed E-state index contributed by atoms with van der Waals surface area (Å²) in [6.07, 6.45) is 0.972. The number of carbonyl (C=O) groups excluding carboxylic acids is 1. The number of para-hydroxylation sites is 1. The lowest BCUT2D eigenvalue weighted by Crippen LogP contribution is -2.31. The summed E-state index contributed by atoms with van der Waals surface area (Å²) in [7, 11) is 3.44. The molecule has 0 radical (unpaired) electrons. The molecule has 0 bridgehead atoms. The van der Waals surface area contributed by atoms with E-state index >= 15 is 0 Å². The molecular formula is C19H21N5O3. The van der Waals surface area contributed by atoms with Gasteiger partial charge in [-0.25, -0.2) is 0 Å². The smallest absolute Gasteiger partial charge is 0.293 e. The zero-order valence-corrected chi connectivity index (χ0v) is 15.2. The normalized spacial score (nSPS) is 13.3. The van der Waals surface area contributed by atoms with Gasteiger partial charge in [-0.2, -0.15) is 0 Å². The van der Waals surface area contributed by atoms with Crippen molar-refractivity contribution in [1.82, 2.24) is 5.32 Å². The number of hydrogen-bond acceptors (Lipinski definition) is 6. The van der Waals surface area contributed by atoms with E-state index < -0.39 is 10.8 Å². The topological polar surface area (TPSA) is 99.9 Å². The van der Waals surface area contributed by atoms with E-state index in [1.54, 1.807) is 37.2 Å². The molecular weight excluding hydrogens is 346 g/mol. The highest BCUT2D eigenvalue weighted by Crippen LogP contribution is 2.28. The molecule has 1 amide bonds. The van der Waals surface area contributed by atoms with Crippen LogP contribution in [0.5, 0.6) is 0 Å². The van der Waals surface area contributed by atoms with Crippen molar-refractivity contribution < 1.29 is 9.72 Å². The molecule has 8 heteroatoms. The first kappa shape index (κ1) is 18.4. The summed E-state index contributed by atoms with van der Waals surface area (Å²) < 4.78 is 0. The van der Waals surface area contributed by atoms with Gasteiger partial charge in [0.2, 0.25) is 0 Å². The Kier molecular flexibility index (Phi) is 5.35. The van der Waals surface area contributed by atoms with Crippen LogP contribution < -0.4 is 15.5 Å². The second-order valence-corrected chi connectivity index (χ2v) is 6.37. The minimum atomic E-state index is -0.485. The van der Waals surface area contributed by atoms with Crippen LogP contribution in [0, 0.1) is 10.1 Å². The summed E-state index contributed by atoms with van der Waals surface area (Å²) in [5, 5.41) is 17.4. The highest BCUT2D eigenvalue weighted by Gasteiger charge is 2.20. The lowest BCUT2D eigenvalue weighted by atomic mass is 10.1. The largest absolute Gasteiger partial charge is 0.372 e. The van der Waals surface area contributed by atoms with Crippen molar-refractivity contribution in [2.24, 2.45) is 4.99 Å². The Bertz CT molecular complexity index is 908. The molecule has 0 unspecified atom stereocenters. The van der Waals surface area contributed by atoms with Gasteiger partial charge in [-0.15, -0.1) is 0 Å². The molecule has 2 N–H and O–H groups in total. The number of benzene rings is 2. The van der Waals surface area contributed by atoms with Crippen LogP contribution >= 0.6 is 0 Å². The van der Waals surface area contributed by atoms with Crippen molar-refractivity contribution >= 4 is 28.8 Å². The highest BCUT2D eigenvalue weighted by molar-refractivity contribution is 6.10. The third-order valence-electron chi connectivity index (χ3n) is 4.24. The fourth-order valence-corrected chi connectivity index (χ4v) is 2.90. The summed E-state index contributed by atoms with van der Waals surface area (Å²) in [4.78, 5) is 29.7. The molecule has 0 fully saturated rings. The highest BCUT2D eigenvalue weighted by atomic mass is 16.6. The number of carbonyl (C=O) groups is 1. The Morgan fingerprint density at radius 2 is 2.04 bits per heavy atom. The number of hydrogen-bond donors (Lipinski definition) is 2. The van der Waals surface area contributed by atoms with Crippen molar-refractivity contribution in [1.29, 1.82) is 0 Å². The lowest BCUT2D eigenvalue weighted by Gasteiger charge is -2.18. The number of nitro groups is 1. The zero-order valence-electron chi connectivity index (χ0n) is 15.2. The van der Waals surface area contributed by atoms with Crippen molar-refractivity contribution in [2.45, 2.75) is 6.42 Å². The number of nitrogens with one attached hydrogen (secondary N) is 2. The minimum Gasteiger partial charge on any atom is -0.372 e. The van der Waals surface area contributed by atoms with Gasteiger partial charge in [0.05, 0.1) is 10.6 Å². The molecule has 8 nitrogen and oxygen atoms in total. The van der Waals surface area contributed by atoms with Crippen LogP contribution in [0.4, 0.5) is 17.1 Å². The maximum atomic E-state index is 12.7. The summed E-state index contributed by atoms with van der Waals surface area (Å²) in [6.45, 7) is 1.57. The quantitative estimate of drug-likeness (QED) is 0.625. The number of aliphatic imine (C=N–C) groups is 1. The van der Waals surface area contributed by atoms with Crippen LogP contribution in [0.1, 0.15) is 22.3 Å². The number of rotatable bonds is 5.